The minimum atomic E-state index is -1.35. The minimum Gasteiger partial charge on any atom is -0.438 e. The summed E-state index contributed by atoms with van der Waals surface area (Å²) in [4.78, 5) is 28.7. The van der Waals surface area contributed by atoms with Crippen LogP contribution in [0.15, 0.2) is 48.8 Å². The average molecular weight is 499 g/mol. The van der Waals surface area contributed by atoms with E-state index in [0.29, 0.717) is 16.8 Å². The number of amides is 1. The fourth-order valence-corrected chi connectivity index (χ4v) is 3.98. The Morgan fingerprint density at radius 2 is 1.89 bits per heavy atom. The van der Waals surface area contributed by atoms with Gasteiger partial charge in [0.05, 0.1) is 17.7 Å². The molecule has 11 heteroatoms. The molecular formula is C25H30N4O7. The maximum absolute atomic E-state index is 12.6. The highest BCUT2D eigenvalue weighted by molar-refractivity contribution is 6.05. The minimum absolute atomic E-state index is 0.109. The molecule has 1 aliphatic heterocycles. The summed E-state index contributed by atoms with van der Waals surface area (Å²) in [6.45, 7) is 6.40. The third-order valence-electron chi connectivity index (χ3n) is 6.06. The number of fused-ring (bicyclic) bond motifs is 1. The molecule has 4 rings (SSSR count). The van der Waals surface area contributed by atoms with Gasteiger partial charge in [-0.2, -0.15) is 5.10 Å². The second-order valence-electron chi connectivity index (χ2n) is 9.81. The molecule has 1 aromatic carbocycles. The van der Waals surface area contributed by atoms with Gasteiger partial charge in [0.1, 0.15) is 35.8 Å². The Hall–Kier alpha value is -3.38. The zero-order valence-electron chi connectivity index (χ0n) is 20.5. The van der Waals surface area contributed by atoms with E-state index >= 15 is 0 Å². The van der Waals surface area contributed by atoms with Gasteiger partial charge in [0.25, 0.3) is 5.91 Å². The standard InChI is InChI=1S/C25H30N4O7/c1-24(2,3)23(33)35-14-34-12-17-19(30)20(31)25(4,36-17)18-11-10-16-21(26-13-27-29(16)18)28-22(32)15-8-6-5-7-9-15/h5-11,13,17,19-20,30-31H,12,14H2,1-4H3,(H,26,27,28,32)/t17-,19-,20-,25+/m1/s1. The molecule has 4 atom stereocenters. The van der Waals surface area contributed by atoms with Crippen LogP contribution < -0.4 is 5.32 Å². The van der Waals surface area contributed by atoms with Crippen LogP contribution in [0.3, 0.4) is 0 Å². The molecule has 1 fully saturated rings. The molecule has 192 valence electrons. The van der Waals surface area contributed by atoms with Crippen LogP contribution in [0.5, 0.6) is 0 Å². The summed E-state index contributed by atoms with van der Waals surface area (Å²) in [6, 6.07) is 12.1. The van der Waals surface area contributed by atoms with E-state index < -0.39 is 35.3 Å². The van der Waals surface area contributed by atoms with E-state index in [1.54, 1.807) is 64.1 Å². The van der Waals surface area contributed by atoms with E-state index in [0.717, 1.165) is 0 Å². The summed E-state index contributed by atoms with van der Waals surface area (Å²) in [5, 5.41) is 28.6. The lowest BCUT2D eigenvalue weighted by molar-refractivity contribution is -0.171. The number of esters is 1. The molecule has 0 bridgehead atoms. The van der Waals surface area contributed by atoms with Gasteiger partial charge in [-0.1, -0.05) is 18.2 Å². The molecule has 1 amide bonds. The van der Waals surface area contributed by atoms with Crippen molar-refractivity contribution in [2.24, 2.45) is 5.41 Å². The number of benzene rings is 1. The normalized spacial score (nSPS) is 24.1. The predicted octanol–water partition coefficient (Wildman–Crippen LogP) is 1.88. The molecular weight excluding hydrogens is 468 g/mol. The number of hydrogen-bond donors (Lipinski definition) is 3. The largest absolute Gasteiger partial charge is 0.438 e. The van der Waals surface area contributed by atoms with Crippen LogP contribution >= 0.6 is 0 Å². The van der Waals surface area contributed by atoms with Crippen LogP contribution in [-0.4, -0.2) is 68.4 Å². The van der Waals surface area contributed by atoms with Crippen molar-refractivity contribution in [1.29, 1.82) is 0 Å². The lowest BCUT2D eigenvalue weighted by Gasteiger charge is -2.27. The first-order chi connectivity index (χ1) is 17.0. The van der Waals surface area contributed by atoms with Crippen molar-refractivity contribution in [2.45, 2.75) is 51.6 Å². The van der Waals surface area contributed by atoms with Crippen molar-refractivity contribution in [2.75, 3.05) is 18.7 Å². The maximum atomic E-state index is 12.6. The van der Waals surface area contributed by atoms with Crippen molar-refractivity contribution in [3.8, 4) is 0 Å². The number of carbonyl (C=O) groups excluding carboxylic acids is 2. The van der Waals surface area contributed by atoms with Gasteiger partial charge >= 0.3 is 5.97 Å². The highest BCUT2D eigenvalue weighted by Gasteiger charge is 2.53. The Morgan fingerprint density at radius 1 is 1.17 bits per heavy atom. The Kier molecular flexibility index (Phi) is 7.10. The van der Waals surface area contributed by atoms with E-state index in [1.165, 1.54) is 10.8 Å². The molecule has 0 unspecified atom stereocenters. The number of hydrogen-bond acceptors (Lipinski definition) is 9. The molecule has 3 N–H and O–H groups in total. The highest BCUT2D eigenvalue weighted by Crippen LogP contribution is 2.40. The first-order valence-electron chi connectivity index (χ1n) is 11.5. The fraction of sp³-hybridized carbons (Fsp3) is 0.440. The molecule has 0 saturated carbocycles. The second kappa shape index (κ2) is 9.94. The van der Waals surface area contributed by atoms with Crippen molar-refractivity contribution >= 4 is 23.2 Å². The number of anilines is 1. The van der Waals surface area contributed by atoms with E-state index in [2.05, 4.69) is 15.4 Å². The highest BCUT2D eigenvalue weighted by atomic mass is 16.7. The topological polar surface area (TPSA) is 145 Å². The Balaban J connectivity index is 1.49. The van der Waals surface area contributed by atoms with Crippen LogP contribution in [0.2, 0.25) is 0 Å². The number of aromatic nitrogens is 3. The molecule has 1 aliphatic rings. The summed E-state index contributed by atoms with van der Waals surface area (Å²) >= 11 is 0. The van der Waals surface area contributed by atoms with Gasteiger partial charge in [0.2, 0.25) is 0 Å². The Morgan fingerprint density at radius 3 is 2.58 bits per heavy atom. The predicted molar refractivity (Wildman–Crippen MR) is 128 cm³/mol. The monoisotopic (exact) mass is 498 g/mol. The molecule has 3 aromatic rings. The smallest absolute Gasteiger partial charge is 0.313 e. The molecule has 0 spiro atoms. The molecule has 0 radical (unpaired) electrons. The lowest BCUT2D eigenvalue weighted by atomic mass is 9.93. The zero-order valence-corrected chi connectivity index (χ0v) is 20.5. The summed E-state index contributed by atoms with van der Waals surface area (Å²) in [7, 11) is 0. The van der Waals surface area contributed by atoms with Gasteiger partial charge < -0.3 is 29.7 Å². The van der Waals surface area contributed by atoms with Gasteiger partial charge in [0.15, 0.2) is 12.6 Å². The van der Waals surface area contributed by atoms with Crippen molar-refractivity contribution in [3.63, 3.8) is 0 Å². The van der Waals surface area contributed by atoms with E-state index in [9.17, 15) is 19.8 Å². The number of aliphatic hydroxyl groups excluding tert-OH is 2. The molecule has 36 heavy (non-hydrogen) atoms. The summed E-state index contributed by atoms with van der Waals surface area (Å²) in [5.74, 6) is -0.473. The number of nitrogens with one attached hydrogen (secondary N) is 1. The third-order valence-corrected chi connectivity index (χ3v) is 6.06. The van der Waals surface area contributed by atoms with Gasteiger partial charge in [-0.25, -0.2) is 9.50 Å². The van der Waals surface area contributed by atoms with Crippen molar-refractivity contribution < 1.29 is 34.0 Å². The van der Waals surface area contributed by atoms with Gasteiger partial charge in [-0.05, 0) is 52.0 Å². The molecule has 3 heterocycles. The number of aliphatic hydroxyl groups is 2. The second-order valence-corrected chi connectivity index (χ2v) is 9.81. The van der Waals surface area contributed by atoms with Crippen LogP contribution in [0.4, 0.5) is 5.82 Å². The molecule has 11 nitrogen and oxygen atoms in total. The van der Waals surface area contributed by atoms with Gasteiger partial charge in [-0.15, -0.1) is 0 Å². The van der Waals surface area contributed by atoms with E-state index in [4.69, 9.17) is 14.2 Å². The Labute approximate surface area is 208 Å². The number of carbonyl (C=O) groups is 2. The molecule has 1 saturated heterocycles. The summed E-state index contributed by atoms with van der Waals surface area (Å²) in [6.07, 6.45) is -2.18. The van der Waals surface area contributed by atoms with Crippen molar-refractivity contribution in [3.05, 3.63) is 60.0 Å². The third kappa shape index (κ3) is 4.96. The summed E-state index contributed by atoms with van der Waals surface area (Å²) < 4.78 is 18.0. The molecule has 0 aliphatic carbocycles. The van der Waals surface area contributed by atoms with Crippen LogP contribution in [0.1, 0.15) is 43.7 Å². The van der Waals surface area contributed by atoms with Crippen LogP contribution in [0, 0.1) is 5.41 Å². The van der Waals surface area contributed by atoms with E-state index in [-0.39, 0.29) is 25.1 Å². The van der Waals surface area contributed by atoms with Crippen LogP contribution in [0.25, 0.3) is 5.52 Å². The van der Waals surface area contributed by atoms with Gasteiger partial charge in [0, 0.05) is 5.56 Å². The number of ether oxygens (including phenoxy) is 3. The fourth-order valence-electron chi connectivity index (χ4n) is 3.98. The average Bonchev–Trinajstić information content (AvgIpc) is 3.38. The SMILES string of the molecule is CC(C)(C)C(=O)OCOC[C@H]1O[C@@](C)(c2ccc3c(NC(=O)c4ccccc4)ncnn23)[C@H](O)[C@@H]1O. The number of rotatable bonds is 7. The molecule has 2 aromatic heterocycles. The van der Waals surface area contributed by atoms with Crippen LogP contribution in [-0.2, 0) is 24.6 Å². The van der Waals surface area contributed by atoms with Gasteiger partial charge in [-0.3, -0.25) is 9.59 Å². The maximum Gasteiger partial charge on any atom is 0.313 e. The quantitative estimate of drug-likeness (QED) is 0.253. The number of nitrogens with zero attached hydrogens (tertiary/aromatic N) is 3. The summed E-state index contributed by atoms with van der Waals surface area (Å²) in [5.41, 5.74) is -0.613. The first kappa shape index (κ1) is 25.7. The Bertz CT molecular complexity index is 1240. The van der Waals surface area contributed by atoms with E-state index in [1.807, 2.05) is 6.07 Å². The van der Waals surface area contributed by atoms with Crippen molar-refractivity contribution in [1.82, 2.24) is 14.6 Å². The first-order valence-corrected chi connectivity index (χ1v) is 11.5. The lowest BCUT2D eigenvalue weighted by Crippen LogP contribution is -2.39. The zero-order chi connectivity index (χ0) is 26.1.